The van der Waals surface area contributed by atoms with Gasteiger partial charge in [-0.05, 0) is 18.2 Å². The molecule has 0 aliphatic heterocycles. The van der Waals surface area contributed by atoms with Crippen LogP contribution in [0.1, 0.15) is 31.2 Å². The third-order valence-electron chi connectivity index (χ3n) is 2.80. The van der Waals surface area contributed by atoms with Gasteiger partial charge in [-0.3, -0.25) is 4.79 Å². The lowest BCUT2D eigenvalue weighted by molar-refractivity contribution is -0.137. The molecule has 10 heteroatoms. The molecule has 0 atom stereocenters. The number of hydrogen-bond acceptors (Lipinski definition) is 5. The standard InChI is InChI=1S/C14H13ClF3N3O2S/c1-7(2)12-20-21-13(23-12)24-6-11(22)19-8-3-4-10(15)9(5-8)14(16,17)18/h3-5,7H,6H2,1-2H3,(H,19,22). The molecule has 1 aromatic heterocycles. The normalized spacial score (nSPS) is 11.8. The van der Waals surface area contributed by atoms with E-state index in [2.05, 4.69) is 15.5 Å². The number of nitrogens with zero attached hydrogens (tertiary/aromatic N) is 2. The Kier molecular flexibility index (Phi) is 5.76. The van der Waals surface area contributed by atoms with E-state index in [1.54, 1.807) is 0 Å². The fraction of sp³-hybridized carbons (Fsp3) is 0.357. The minimum Gasteiger partial charge on any atom is -0.416 e. The number of halogens is 4. The summed E-state index contributed by atoms with van der Waals surface area (Å²) in [5.74, 6) is -0.0651. The second kappa shape index (κ2) is 7.43. The van der Waals surface area contributed by atoms with E-state index in [0.29, 0.717) is 5.89 Å². The smallest absolute Gasteiger partial charge is 0.416 e. The van der Waals surface area contributed by atoms with E-state index in [-0.39, 0.29) is 22.6 Å². The Hall–Kier alpha value is -1.74. The highest BCUT2D eigenvalue weighted by Gasteiger charge is 2.33. The van der Waals surface area contributed by atoms with Crippen molar-refractivity contribution in [3.8, 4) is 0 Å². The largest absolute Gasteiger partial charge is 0.417 e. The summed E-state index contributed by atoms with van der Waals surface area (Å²) in [5.41, 5.74) is -1.00. The number of anilines is 1. The first-order chi connectivity index (χ1) is 11.2. The van der Waals surface area contributed by atoms with Gasteiger partial charge in [-0.1, -0.05) is 37.2 Å². The molecule has 0 saturated carbocycles. The van der Waals surface area contributed by atoms with Crippen LogP contribution in [-0.4, -0.2) is 21.9 Å². The molecule has 1 N–H and O–H groups in total. The van der Waals surface area contributed by atoms with Crippen molar-refractivity contribution < 1.29 is 22.4 Å². The number of aromatic nitrogens is 2. The summed E-state index contributed by atoms with van der Waals surface area (Å²) in [6.45, 7) is 3.76. The maximum atomic E-state index is 12.8. The van der Waals surface area contributed by atoms with Gasteiger partial charge < -0.3 is 9.73 Å². The van der Waals surface area contributed by atoms with Crippen LogP contribution in [-0.2, 0) is 11.0 Å². The number of thioether (sulfide) groups is 1. The van der Waals surface area contributed by atoms with Crippen LogP contribution in [0.4, 0.5) is 18.9 Å². The maximum absolute atomic E-state index is 12.8. The van der Waals surface area contributed by atoms with Crippen molar-refractivity contribution in [1.82, 2.24) is 10.2 Å². The Morgan fingerprint density at radius 2 is 2.08 bits per heavy atom. The van der Waals surface area contributed by atoms with Crippen molar-refractivity contribution in [2.45, 2.75) is 31.2 Å². The zero-order valence-corrected chi connectivity index (χ0v) is 14.2. The number of amides is 1. The molecule has 1 amide bonds. The molecule has 130 valence electrons. The number of rotatable bonds is 5. The van der Waals surface area contributed by atoms with Crippen LogP contribution in [0.5, 0.6) is 0 Å². The molecule has 0 unspecified atom stereocenters. The molecular formula is C14H13ClF3N3O2S. The molecule has 5 nitrogen and oxygen atoms in total. The summed E-state index contributed by atoms with van der Waals surface area (Å²) in [4.78, 5) is 11.8. The molecule has 2 rings (SSSR count). The summed E-state index contributed by atoms with van der Waals surface area (Å²) in [5, 5.41) is 9.76. The summed E-state index contributed by atoms with van der Waals surface area (Å²) >= 11 is 6.52. The summed E-state index contributed by atoms with van der Waals surface area (Å²) in [6, 6.07) is 3.16. The molecule has 2 aromatic rings. The van der Waals surface area contributed by atoms with Gasteiger partial charge in [-0.25, -0.2) is 0 Å². The van der Waals surface area contributed by atoms with Crippen LogP contribution in [0.25, 0.3) is 0 Å². The topological polar surface area (TPSA) is 68.0 Å². The highest BCUT2D eigenvalue weighted by molar-refractivity contribution is 7.99. The third-order valence-corrected chi connectivity index (χ3v) is 3.95. The molecular weight excluding hydrogens is 367 g/mol. The highest BCUT2D eigenvalue weighted by Crippen LogP contribution is 2.36. The SMILES string of the molecule is CC(C)c1nnc(SCC(=O)Nc2ccc(Cl)c(C(F)(F)F)c2)o1. The molecule has 24 heavy (non-hydrogen) atoms. The van der Waals surface area contributed by atoms with Crippen molar-refractivity contribution in [2.75, 3.05) is 11.1 Å². The van der Waals surface area contributed by atoms with Gasteiger partial charge in [-0.15, -0.1) is 10.2 Å². The molecule has 0 spiro atoms. The molecule has 1 aromatic carbocycles. The van der Waals surface area contributed by atoms with Gasteiger partial charge in [0.2, 0.25) is 11.8 Å². The van der Waals surface area contributed by atoms with Crippen LogP contribution < -0.4 is 5.32 Å². The first-order valence-electron chi connectivity index (χ1n) is 6.79. The van der Waals surface area contributed by atoms with E-state index in [1.165, 1.54) is 6.07 Å². The van der Waals surface area contributed by atoms with Crippen molar-refractivity contribution in [3.63, 3.8) is 0 Å². The third kappa shape index (κ3) is 4.88. The van der Waals surface area contributed by atoms with Crippen molar-refractivity contribution >= 4 is 35.0 Å². The molecule has 0 fully saturated rings. The molecule has 0 saturated heterocycles. The first kappa shape index (κ1) is 18.6. The zero-order chi connectivity index (χ0) is 17.9. The lowest BCUT2D eigenvalue weighted by Crippen LogP contribution is -2.15. The minimum absolute atomic E-state index is 0.00530. The Labute approximate surface area is 145 Å². The number of hydrogen-bond donors (Lipinski definition) is 1. The monoisotopic (exact) mass is 379 g/mol. The Bertz CT molecular complexity index is 734. The van der Waals surface area contributed by atoms with Crippen LogP contribution in [0, 0.1) is 0 Å². The summed E-state index contributed by atoms with van der Waals surface area (Å²) < 4.78 is 43.6. The quantitative estimate of drug-likeness (QED) is 0.769. The Balaban J connectivity index is 1.97. The van der Waals surface area contributed by atoms with Crippen molar-refractivity contribution in [1.29, 1.82) is 0 Å². The van der Waals surface area contributed by atoms with E-state index in [0.717, 1.165) is 23.9 Å². The first-order valence-corrected chi connectivity index (χ1v) is 8.16. The molecule has 0 bridgehead atoms. The number of benzene rings is 1. The number of nitrogens with one attached hydrogen (secondary N) is 1. The van der Waals surface area contributed by atoms with Gasteiger partial charge in [0, 0.05) is 11.6 Å². The minimum atomic E-state index is -4.59. The average molecular weight is 380 g/mol. The van der Waals surface area contributed by atoms with E-state index in [1.807, 2.05) is 13.8 Å². The second-order valence-corrected chi connectivity index (χ2v) is 6.42. The Morgan fingerprint density at radius 3 is 2.67 bits per heavy atom. The molecule has 1 heterocycles. The van der Waals surface area contributed by atoms with Gasteiger partial charge in [0.15, 0.2) is 0 Å². The van der Waals surface area contributed by atoms with E-state index >= 15 is 0 Å². The number of carbonyl (C=O) groups is 1. The molecule has 0 radical (unpaired) electrons. The highest BCUT2D eigenvalue weighted by atomic mass is 35.5. The van der Waals surface area contributed by atoms with Crippen LogP contribution in [0.3, 0.4) is 0 Å². The lowest BCUT2D eigenvalue weighted by atomic mass is 10.2. The number of carbonyl (C=O) groups excluding carboxylic acids is 1. The van der Waals surface area contributed by atoms with E-state index < -0.39 is 22.7 Å². The molecule has 0 aliphatic rings. The van der Waals surface area contributed by atoms with E-state index in [4.69, 9.17) is 16.0 Å². The average Bonchev–Trinajstić information content (AvgIpc) is 2.95. The Morgan fingerprint density at radius 1 is 1.38 bits per heavy atom. The van der Waals surface area contributed by atoms with Crippen LogP contribution >= 0.6 is 23.4 Å². The fourth-order valence-corrected chi connectivity index (χ4v) is 2.45. The summed E-state index contributed by atoms with van der Waals surface area (Å²) in [7, 11) is 0. The fourth-order valence-electron chi connectivity index (χ4n) is 1.66. The lowest BCUT2D eigenvalue weighted by Gasteiger charge is -2.11. The van der Waals surface area contributed by atoms with Gasteiger partial charge in [0.1, 0.15) is 0 Å². The van der Waals surface area contributed by atoms with Crippen molar-refractivity contribution in [2.24, 2.45) is 0 Å². The van der Waals surface area contributed by atoms with Gasteiger partial charge in [0.05, 0.1) is 16.3 Å². The number of alkyl halides is 3. The van der Waals surface area contributed by atoms with Crippen LogP contribution in [0.15, 0.2) is 27.8 Å². The molecule has 0 aliphatic carbocycles. The van der Waals surface area contributed by atoms with Crippen molar-refractivity contribution in [3.05, 3.63) is 34.7 Å². The summed E-state index contributed by atoms with van der Waals surface area (Å²) in [6.07, 6.45) is -4.59. The zero-order valence-electron chi connectivity index (χ0n) is 12.6. The maximum Gasteiger partial charge on any atom is 0.417 e. The predicted molar refractivity (Wildman–Crippen MR) is 84.2 cm³/mol. The van der Waals surface area contributed by atoms with Gasteiger partial charge >= 0.3 is 6.18 Å². The predicted octanol–water partition coefficient (Wildman–Crippen LogP) is 4.60. The van der Waals surface area contributed by atoms with E-state index in [9.17, 15) is 18.0 Å². The second-order valence-electron chi connectivity index (χ2n) is 5.09. The van der Waals surface area contributed by atoms with Gasteiger partial charge in [0.25, 0.3) is 5.22 Å². The van der Waals surface area contributed by atoms with Crippen LogP contribution in [0.2, 0.25) is 5.02 Å². The van der Waals surface area contributed by atoms with Gasteiger partial charge in [-0.2, -0.15) is 13.2 Å².